The van der Waals surface area contributed by atoms with Crippen molar-refractivity contribution in [1.29, 1.82) is 0 Å². The summed E-state index contributed by atoms with van der Waals surface area (Å²) in [6.45, 7) is 0. The fourth-order valence-electron chi connectivity index (χ4n) is 3.41. The number of benzene rings is 3. The molecule has 0 aliphatic heterocycles. The number of aromatic nitrogens is 4. The summed E-state index contributed by atoms with van der Waals surface area (Å²) in [5.74, 6) is -0.459. The zero-order valence-corrected chi connectivity index (χ0v) is 17.3. The van der Waals surface area contributed by atoms with Crippen LogP contribution in [0.4, 0.5) is 4.39 Å². The third kappa shape index (κ3) is 3.40. The number of hydrogen-bond acceptors (Lipinski definition) is 3. The summed E-state index contributed by atoms with van der Waals surface area (Å²) >= 11 is 11.9. The van der Waals surface area contributed by atoms with Gasteiger partial charge in [-0.1, -0.05) is 41.4 Å². The maximum atomic E-state index is 14.9. The van der Waals surface area contributed by atoms with Crippen LogP contribution in [0.1, 0.15) is 0 Å². The minimum absolute atomic E-state index is 0.131. The zero-order valence-electron chi connectivity index (χ0n) is 15.8. The van der Waals surface area contributed by atoms with Crippen LogP contribution in [-0.4, -0.2) is 19.1 Å². The SMILES string of the molecule is O=c1c2ncn(-c3ccccc3)c2nc(-c2ccc(Cl)cc2F)n1-c1ccc(Cl)cc1. The molecule has 3 aromatic carbocycles. The monoisotopic (exact) mass is 450 g/mol. The van der Waals surface area contributed by atoms with Crippen LogP contribution in [0.3, 0.4) is 0 Å². The van der Waals surface area contributed by atoms with Crippen molar-refractivity contribution < 1.29 is 4.39 Å². The molecular weight excluding hydrogens is 438 g/mol. The summed E-state index contributed by atoms with van der Waals surface area (Å²) < 4.78 is 17.9. The van der Waals surface area contributed by atoms with E-state index in [1.807, 2.05) is 30.3 Å². The van der Waals surface area contributed by atoms with Crippen LogP contribution < -0.4 is 5.56 Å². The molecule has 0 bridgehead atoms. The Kier molecular flexibility index (Phi) is 4.81. The molecule has 152 valence electrons. The van der Waals surface area contributed by atoms with Crippen molar-refractivity contribution >= 4 is 34.4 Å². The molecule has 0 amide bonds. The predicted molar refractivity (Wildman–Crippen MR) is 120 cm³/mol. The third-order valence-corrected chi connectivity index (χ3v) is 5.35. The fourth-order valence-corrected chi connectivity index (χ4v) is 3.70. The van der Waals surface area contributed by atoms with Gasteiger partial charge in [0.25, 0.3) is 5.56 Å². The molecule has 0 unspecified atom stereocenters. The van der Waals surface area contributed by atoms with Gasteiger partial charge in [0.05, 0.1) is 11.3 Å². The topological polar surface area (TPSA) is 52.7 Å². The Hall–Kier alpha value is -3.48. The quantitative estimate of drug-likeness (QED) is 0.355. The largest absolute Gasteiger partial charge is 0.286 e. The summed E-state index contributed by atoms with van der Waals surface area (Å²) in [6, 6.07) is 20.3. The van der Waals surface area contributed by atoms with E-state index in [1.165, 1.54) is 23.0 Å². The molecule has 0 fully saturated rings. The van der Waals surface area contributed by atoms with Gasteiger partial charge in [-0.25, -0.2) is 14.4 Å². The van der Waals surface area contributed by atoms with Crippen molar-refractivity contribution in [1.82, 2.24) is 19.1 Å². The molecule has 0 saturated heterocycles. The lowest BCUT2D eigenvalue weighted by molar-refractivity contribution is 0.629. The Bertz CT molecular complexity index is 1480. The van der Waals surface area contributed by atoms with Crippen molar-refractivity contribution in [3.8, 4) is 22.8 Å². The first kappa shape index (κ1) is 19.5. The number of imidazole rings is 1. The highest BCUT2D eigenvalue weighted by atomic mass is 35.5. The van der Waals surface area contributed by atoms with E-state index in [0.29, 0.717) is 16.4 Å². The van der Waals surface area contributed by atoms with Crippen molar-refractivity contribution in [2.24, 2.45) is 0 Å². The van der Waals surface area contributed by atoms with E-state index in [2.05, 4.69) is 9.97 Å². The number of halogens is 3. The maximum absolute atomic E-state index is 14.9. The predicted octanol–water partition coefficient (Wildman–Crippen LogP) is 5.68. The number of rotatable bonds is 3. The van der Waals surface area contributed by atoms with Gasteiger partial charge in [0.2, 0.25) is 0 Å². The zero-order chi connectivity index (χ0) is 21.5. The summed E-state index contributed by atoms with van der Waals surface area (Å²) in [5.41, 5.74) is 1.47. The second-order valence-electron chi connectivity index (χ2n) is 6.80. The molecule has 5 nitrogen and oxygen atoms in total. The van der Waals surface area contributed by atoms with Crippen molar-refractivity contribution in [2.45, 2.75) is 0 Å². The first-order chi connectivity index (χ1) is 15.0. The van der Waals surface area contributed by atoms with Gasteiger partial charge < -0.3 is 0 Å². The molecule has 0 saturated carbocycles. The molecule has 0 atom stereocenters. The van der Waals surface area contributed by atoms with Gasteiger partial charge in [-0.3, -0.25) is 13.9 Å². The van der Waals surface area contributed by atoms with Crippen LogP contribution in [0, 0.1) is 5.82 Å². The number of nitrogens with zero attached hydrogens (tertiary/aromatic N) is 4. The number of fused-ring (bicyclic) bond motifs is 1. The van der Waals surface area contributed by atoms with Crippen molar-refractivity contribution in [3.05, 3.63) is 105 Å². The van der Waals surface area contributed by atoms with Crippen LogP contribution in [0.5, 0.6) is 0 Å². The van der Waals surface area contributed by atoms with Gasteiger partial charge in [0, 0.05) is 15.7 Å². The normalized spacial score (nSPS) is 11.2. The number of para-hydroxylation sites is 1. The van der Waals surface area contributed by atoms with Crippen molar-refractivity contribution in [2.75, 3.05) is 0 Å². The summed E-state index contributed by atoms with van der Waals surface area (Å²) in [4.78, 5) is 22.5. The second-order valence-corrected chi connectivity index (χ2v) is 7.67. The highest BCUT2D eigenvalue weighted by molar-refractivity contribution is 6.30. The highest BCUT2D eigenvalue weighted by Gasteiger charge is 2.20. The molecular formula is C23H13Cl2FN4O. The van der Waals surface area contributed by atoms with Crippen molar-refractivity contribution in [3.63, 3.8) is 0 Å². The van der Waals surface area contributed by atoms with Gasteiger partial charge in [-0.15, -0.1) is 0 Å². The lowest BCUT2D eigenvalue weighted by Crippen LogP contribution is -2.22. The van der Waals surface area contributed by atoms with Gasteiger partial charge in [0.1, 0.15) is 12.1 Å². The van der Waals surface area contributed by atoms with E-state index >= 15 is 0 Å². The van der Waals surface area contributed by atoms with E-state index in [4.69, 9.17) is 23.2 Å². The second kappa shape index (κ2) is 7.65. The minimum atomic E-state index is -0.591. The van der Waals surface area contributed by atoms with E-state index < -0.39 is 11.4 Å². The molecule has 31 heavy (non-hydrogen) atoms. The van der Waals surface area contributed by atoms with E-state index in [9.17, 15) is 9.18 Å². The van der Waals surface area contributed by atoms with E-state index in [-0.39, 0.29) is 21.9 Å². The first-order valence-electron chi connectivity index (χ1n) is 9.30. The van der Waals surface area contributed by atoms with Gasteiger partial charge in [0.15, 0.2) is 17.0 Å². The van der Waals surface area contributed by atoms with Crippen LogP contribution in [0.2, 0.25) is 10.0 Å². The van der Waals surface area contributed by atoms with Crippen LogP contribution in [0.25, 0.3) is 33.9 Å². The standard InChI is InChI=1S/C23H13Cl2FN4O/c24-14-6-9-17(10-7-14)30-21(18-11-8-15(25)12-19(18)26)28-22-20(23(30)31)27-13-29(22)16-4-2-1-3-5-16/h1-13H. The molecule has 0 spiro atoms. The molecule has 0 N–H and O–H groups in total. The maximum Gasteiger partial charge on any atom is 0.286 e. The molecule has 2 aromatic heterocycles. The molecule has 0 aliphatic rings. The Morgan fingerprint density at radius 1 is 0.839 bits per heavy atom. The van der Waals surface area contributed by atoms with E-state index in [0.717, 1.165) is 5.69 Å². The smallest absolute Gasteiger partial charge is 0.283 e. The molecule has 8 heteroatoms. The van der Waals surface area contributed by atoms with E-state index in [1.54, 1.807) is 34.9 Å². The highest BCUT2D eigenvalue weighted by Crippen LogP contribution is 2.27. The fraction of sp³-hybridized carbons (Fsp3) is 0. The molecule has 5 aromatic rings. The molecule has 0 radical (unpaired) electrons. The van der Waals surface area contributed by atoms with Crippen LogP contribution in [-0.2, 0) is 0 Å². The average molecular weight is 451 g/mol. The molecule has 0 aliphatic carbocycles. The average Bonchev–Trinajstić information content (AvgIpc) is 3.20. The Labute approximate surface area is 186 Å². The summed E-state index contributed by atoms with van der Waals surface area (Å²) in [5, 5.41) is 0.760. The lowest BCUT2D eigenvalue weighted by atomic mass is 10.1. The Balaban J connectivity index is 1.88. The van der Waals surface area contributed by atoms with Gasteiger partial charge in [-0.2, -0.15) is 0 Å². The summed E-state index contributed by atoms with van der Waals surface area (Å²) in [7, 11) is 0. The first-order valence-corrected chi connectivity index (χ1v) is 10.1. The molecule has 2 heterocycles. The van der Waals surface area contributed by atoms with Gasteiger partial charge in [-0.05, 0) is 54.6 Å². The van der Waals surface area contributed by atoms with Crippen LogP contribution >= 0.6 is 23.2 Å². The number of hydrogen-bond donors (Lipinski definition) is 0. The summed E-state index contributed by atoms with van der Waals surface area (Å²) in [6.07, 6.45) is 1.53. The third-order valence-electron chi connectivity index (χ3n) is 4.86. The minimum Gasteiger partial charge on any atom is -0.283 e. The lowest BCUT2D eigenvalue weighted by Gasteiger charge is -2.14. The van der Waals surface area contributed by atoms with Crippen LogP contribution in [0.15, 0.2) is 83.9 Å². The Morgan fingerprint density at radius 3 is 2.26 bits per heavy atom. The Morgan fingerprint density at radius 2 is 1.55 bits per heavy atom. The van der Waals surface area contributed by atoms with Gasteiger partial charge >= 0.3 is 0 Å². The molecule has 5 rings (SSSR count).